The van der Waals surface area contributed by atoms with Gasteiger partial charge in [0.1, 0.15) is 0 Å². The average molecular weight is 205 g/mol. The second-order valence-electron chi connectivity index (χ2n) is 4.37. The van der Waals surface area contributed by atoms with E-state index >= 15 is 0 Å². The molecule has 0 saturated heterocycles. The van der Waals surface area contributed by atoms with Gasteiger partial charge in [0.2, 0.25) is 0 Å². The summed E-state index contributed by atoms with van der Waals surface area (Å²) in [5, 5.41) is 0. The monoisotopic (exact) mass is 205 g/mol. The van der Waals surface area contributed by atoms with Crippen molar-refractivity contribution in [1.29, 1.82) is 0 Å². The molecule has 0 spiro atoms. The third-order valence-corrected chi connectivity index (χ3v) is 3.11. The molecule has 15 heavy (non-hydrogen) atoms. The van der Waals surface area contributed by atoms with Gasteiger partial charge in [-0.05, 0) is 30.5 Å². The van der Waals surface area contributed by atoms with Crippen molar-refractivity contribution in [3.05, 3.63) is 23.8 Å². The molecule has 3 nitrogen and oxygen atoms in total. The fraction of sp³-hybridized carbons (Fsp3) is 0.500. The molecule has 2 aliphatic rings. The van der Waals surface area contributed by atoms with Crippen LogP contribution >= 0.6 is 0 Å². The fourth-order valence-corrected chi connectivity index (χ4v) is 1.90. The van der Waals surface area contributed by atoms with Crippen LogP contribution in [0.2, 0.25) is 0 Å². The van der Waals surface area contributed by atoms with Crippen molar-refractivity contribution >= 4 is 0 Å². The van der Waals surface area contributed by atoms with Crippen molar-refractivity contribution in [3.63, 3.8) is 0 Å². The Labute approximate surface area is 89.2 Å². The largest absolute Gasteiger partial charge is 0.490 e. The van der Waals surface area contributed by atoms with E-state index in [0.29, 0.717) is 0 Å². The van der Waals surface area contributed by atoms with Gasteiger partial charge in [-0.25, -0.2) is 0 Å². The van der Waals surface area contributed by atoms with Crippen molar-refractivity contribution in [2.24, 2.45) is 5.73 Å². The summed E-state index contributed by atoms with van der Waals surface area (Å²) in [5.74, 6) is 1.70. The normalized spacial score (nSPS) is 21.9. The fourth-order valence-electron chi connectivity index (χ4n) is 1.90. The summed E-state index contributed by atoms with van der Waals surface area (Å²) in [4.78, 5) is 0. The van der Waals surface area contributed by atoms with Gasteiger partial charge in [-0.1, -0.05) is 6.07 Å². The van der Waals surface area contributed by atoms with E-state index in [1.54, 1.807) is 0 Å². The van der Waals surface area contributed by atoms with E-state index in [9.17, 15) is 0 Å². The number of hydrogen-bond donors (Lipinski definition) is 1. The zero-order valence-corrected chi connectivity index (χ0v) is 8.66. The Balaban J connectivity index is 1.97. The molecule has 1 aliphatic carbocycles. The molecule has 0 bridgehead atoms. The molecule has 0 unspecified atom stereocenters. The molecule has 0 atom stereocenters. The van der Waals surface area contributed by atoms with E-state index in [1.807, 2.05) is 12.1 Å². The standard InChI is InChI=1S/C12H15NO2/c13-12(4-5-12)9-2-3-10-11(8-9)15-7-1-6-14-10/h2-3,8H,1,4-7,13H2. The summed E-state index contributed by atoms with van der Waals surface area (Å²) in [7, 11) is 0. The maximum absolute atomic E-state index is 6.14. The van der Waals surface area contributed by atoms with Crippen molar-refractivity contribution in [2.75, 3.05) is 13.2 Å². The van der Waals surface area contributed by atoms with Gasteiger partial charge >= 0.3 is 0 Å². The third-order valence-electron chi connectivity index (χ3n) is 3.11. The summed E-state index contributed by atoms with van der Waals surface area (Å²) >= 11 is 0. The number of rotatable bonds is 1. The molecule has 3 rings (SSSR count). The second kappa shape index (κ2) is 3.14. The Bertz CT molecular complexity index is 385. The molecule has 1 aliphatic heterocycles. The summed E-state index contributed by atoms with van der Waals surface area (Å²) in [6.45, 7) is 1.47. The molecule has 3 heteroatoms. The van der Waals surface area contributed by atoms with Crippen LogP contribution in [-0.2, 0) is 5.54 Å². The topological polar surface area (TPSA) is 44.5 Å². The van der Waals surface area contributed by atoms with Crippen LogP contribution in [0.4, 0.5) is 0 Å². The van der Waals surface area contributed by atoms with Gasteiger partial charge in [-0.15, -0.1) is 0 Å². The molecule has 1 fully saturated rings. The molecular formula is C12H15NO2. The van der Waals surface area contributed by atoms with Gasteiger partial charge in [0.05, 0.1) is 13.2 Å². The van der Waals surface area contributed by atoms with Crippen molar-refractivity contribution in [1.82, 2.24) is 0 Å². The first-order valence-corrected chi connectivity index (χ1v) is 5.47. The third kappa shape index (κ3) is 1.57. The van der Waals surface area contributed by atoms with Gasteiger partial charge < -0.3 is 15.2 Å². The lowest BCUT2D eigenvalue weighted by atomic mass is 10.1. The summed E-state index contributed by atoms with van der Waals surface area (Å²) in [6.07, 6.45) is 3.09. The van der Waals surface area contributed by atoms with Gasteiger partial charge in [0, 0.05) is 12.0 Å². The number of nitrogens with two attached hydrogens (primary N) is 1. The first kappa shape index (κ1) is 9.04. The number of ether oxygens (including phenoxy) is 2. The summed E-state index contributed by atoms with van der Waals surface area (Å²) < 4.78 is 11.2. The minimum Gasteiger partial charge on any atom is -0.490 e. The highest BCUT2D eigenvalue weighted by molar-refractivity contribution is 5.46. The van der Waals surface area contributed by atoms with E-state index in [0.717, 1.165) is 44.0 Å². The molecule has 0 aromatic heterocycles. The van der Waals surface area contributed by atoms with Crippen LogP contribution in [0, 0.1) is 0 Å². The zero-order valence-electron chi connectivity index (χ0n) is 8.66. The van der Waals surface area contributed by atoms with E-state index in [1.165, 1.54) is 5.56 Å². The van der Waals surface area contributed by atoms with Crippen LogP contribution in [0.25, 0.3) is 0 Å². The van der Waals surface area contributed by atoms with E-state index in [4.69, 9.17) is 15.2 Å². The average Bonchev–Trinajstić information content (AvgIpc) is 3.01. The highest BCUT2D eigenvalue weighted by Gasteiger charge is 2.40. The highest BCUT2D eigenvalue weighted by atomic mass is 16.5. The minimum atomic E-state index is -0.0926. The second-order valence-corrected chi connectivity index (χ2v) is 4.37. The Kier molecular flexibility index (Phi) is 1.89. The van der Waals surface area contributed by atoms with E-state index in [2.05, 4.69) is 6.07 Å². The van der Waals surface area contributed by atoms with Crippen LogP contribution in [0.1, 0.15) is 24.8 Å². The molecule has 1 aromatic rings. The minimum absolute atomic E-state index is 0.0926. The van der Waals surface area contributed by atoms with Crippen molar-refractivity contribution < 1.29 is 9.47 Å². The first-order chi connectivity index (χ1) is 7.28. The van der Waals surface area contributed by atoms with Crippen molar-refractivity contribution in [3.8, 4) is 11.5 Å². The lowest BCUT2D eigenvalue weighted by Gasteiger charge is -2.13. The van der Waals surface area contributed by atoms with E-state index in [-0.39, 0.29) is 5.54 Å². The van der Waals surface area contributed by atoms with E-state index < -0.39 is 0 Å². The molecular weight excluding hydrogens is 190 g/mol. The van der Waals surface area contributed by atoms with Crippen LogP contribution < -0.4 is 15.2 Å². The van der Waals surface area contributed by atoms with Crippen LogP contribution in [0.3, 0.4) is 0 Å². The SMILES string of the molecule is NC1(c2ccc3c(c2)OCCCO3)CC1. The number of fused-ring (bicyclic) bond motifs is 1. The van der Waals surface area contributed by atoms with Crippen LogP contribution in [0.15, 0.2) is 18.2 Å². The molecule has 1 aromatic carbocycles. The maximum atomic E-state index is 6.14. The quantitative estimate of drug-likeness (QED) is 0.760. The number of hydrogen-bond acceptors (Lipinski definition) is 3. The predicted molar refractivity (Wildman–Crippen MR) is 57.1 cm³/mol. The van der Waals surface area contributed by atoms with Crippen molar-refractivity contribution in [2.45, 2.75) is 24.8 Å². The Morgan fingerprint density at radius 3 is 2.53 bits per heavy atom. The Hall–Kier alpha value is -1.22. The Morgan fingerprint density at radius 1 is 1.07 bits per heavy atom. The smallest absolute Gasteiger partial charge is 0.161 e. The van der Waals surface area contributed by atoms with Crippen LogP contribution in [-0.4, -0.2) is 13.2 Å². The highest BCUT2D eigenvalue weighted by Crippen LogP contribution is 2.45. The van der Waals surface area contributed by atoms with Gasteiger partial charge in [-0.3, -0.25) is 0 Å². The Morgan fingerprint density at radius 2 is 1.80 bits per heavy atom. The van der Waals surface area contributed by atoms with Crippen LogP contribution in [0.5, 0.6) is 11.5 Å². The molecule has 80 valence electrons. The summed E-state index contributed by atoms with van der Waals surface area (Å²) in [6, 6.07) is 6.07. The van der Waals surface area contributed by atoms with Gasteiger partial charge in [0.15, 0.2) is 11.5 Å². The maximum Gasteiger partial charge on any atom is 0.161 e. The molecule has 0 amide bonds. The van der Waals surface area contributed by atoms with Gasteiger partial charge in [0.25, 0.3) is 0 Å². The molecule has 1 saturated carbocycles. The molecule has 1 heterocycles. The first-order valence-electron chi connectivity index (χ1n) is 5.47. The van der Waals surface area contributed by atoms with Gasteiger partial charge in [-0.2, -0.15) is 0 Å². The number of benzene rings is 1. The lowest BCUT2D eigenvalue weighted by molar-refractivity contribution is 0.297. The predicted octanol–water partition coefficient (Wildman–Crippen LogP) is 1.80. The zero-order chi connectivity index (χ0) is 10.3. The molecule has 2 N–H and O–H groups in total. The molecule has 0 radical (unpaired) electrons. The lowest BCUT2D eigenvalue weighted by Crippen LogP contribution is -2.18. The summed E-state index contributed by atoms with van der Waals surface area (Å²) in [5.41, 5.74) is 7.22.